The van der Waals surface area contributed by atoms with E-state index in [0.717, 1.165) is 16.2 Å². The average Bonchev–Trinajstić information content (AvgIpc) is 3.12. The molecular formula is C24H14B4O4S. The van der Waals surface area contributed by atoms with Gasteiger partial charge in [-0.25, -0.2) is 4.79 Å². The number of fused-ring (bicyclic) bond motifs is 1. The lowest BCUT2D eigenvalue weighted by Gasteiger charge is -2.20. The van der Waals surface area contributed by atoms with Gasteiger partial charge < -0.3 is 14.9 Å². The summed E-state index contributed by atoms with van der Waals surface area (Å²) in [6, 6.07) is 11.9. The molecule has 4 aromatic rings. The van der Waals surface area contributed by atoms with Crippen LogP contribution in [-0.2, 0) is 4.79 Å². The lowest BCUT2D eigenvalue weighted by atomic mass is 9.63. The van der Waals surface area contributed by atoms with E-state index < -0.39 is 5.97 Å². The van der Waals surface area contributed by atoms with Crippen molar-refractivity contribution >= 4 is 86.7 Å². The Morgan fingerprint density at radius 3 is 2.30 bits per heavy atom. The number of carboxylic acids is 1. The second-order valence-electron chi connectivity index (χ2n) is 7.44. The molecule has 152 valence electrons. The third kappa shape index (κ3) is 4.33. The van der Waals surface area contributed by atoms with Gasteiger partial charge in [-0.1, -0.05) is 23.2 Å². The van der Waals surface area contributed by atoms with Gasteiger partial charge in [-0.3, -0.25) is 0 Å². The molecule has 0 aliphatic rings. The number of carbonyl (C=O) groups is 1. The van der Waals surface area contributed by atoms with Crippen LogP contribution in [0.2, 0.25) is 0 Å². The van der Waals surface area contributed by atoms with Crippen LogP contribution in [0.3, 0.4) is 0 Å². The van der Waals surface area contributed by atoms with Crippen molar-refractivity contribution in [1.29, 1.82) is 0 Å². The fourth-order valence-corrected chi connectivity index (χ4v) is 4.80. The van der Waals surface area contributed by atoms with Crippen LogP contribution in [0.1, 0.15) is 11.1 Å². The molecule has 0 fully saturated rings. The predicted molar refractivity (Wildman–Crippen MR) is 138 cm³/mol. The van der Waals surface area contributed by atoms with E-state index in [1.807, 2.05) is 6.92 Å². The number of rotatable bonds is 5. The second-order valence-corrected chi connectivity index (χ2v) is 8.49. The third-order valence-electron chi connectivity index (χ3n) is 5.29. The topological polar surface area (TPSA) is 66.8 Å². The van der Waals surface area contributed by atoms with E-state index in [2.05, 4.69) is 0 Å². The fourth-order valence-electron chi connectivity index (χ4n) is 3.52. The quantitative estimate of drug-likeness (QED) is 0.365. The number of phenolic OH excluding ortho intramolecular Hbond substituents is 1. The molecule has 2 N–H and O–H groups in total. The third-order valence-corrected chi connectivity index (χ3v) is 6.44. The lowest BCUT2D eigenvalue weighted by Crippen LogP contribution is -2.49. The zero-order valence-electron chi connectivity index (χ0n) is 17.6. The Morgan fingerprint density at radius 2 is 1.64 bits per heavy atom. The smallest absolute Gasteiger partial charge is 0.328 e. The summed E-state index contributed by atoms with van der Waals surface area (Å²) < 4.78 is 7.06. The summed E-state index contributed by atoms with van der Waals surface area (Å²) in [7, 11) is 24.7. The van der Waals surface area contributed by atoms with Crippen molar-refractivity contribution in [1.82, 2.24) is 0 Å². The van der Waals surface area contributed by atoms with Gasteiger partial charge in [-0.15, -0.1) is 27.7 Å². The lowest BCUT2D eigenvalue weighted by molar-refractivity contribution is -0.131. The van der Waals surface area contributed by atoms with E-state index in [4.69, 9.17) is 41.2 Å². The molecule has 33 heavy (non-hydrogen) atoms. The van der Waals surface area contributed by atoms with E-state index in [1.165, 1.54) is 17.4 Å². The van der Waals surface area contributed by atoms with Crippen molar-refractivity contribution in [2.45, 2.75) is 6.92 Å². The molecule has 0 atom stereocenters. The molecular weight excluding hydrogens is 428 g/mol. The molecule has 0 aliphatic heterocycles. The van der Waals surface area contributed by atoms with Crippen molar-refractivity contribution in [3.63, 3.8) is 0 Å². The molecule has 1 aromatic heterocycles. The maximum atomic E-state index is 10.7. The molecule has 3 aromatic carbocycles. The van der Waals surface area contributed by atoms with E-state index >= 15 is 0 Å². The monoisotopic (exact) mass is 442 g/mol. The number of hydrogen-bond acceptors (Lipinski definition) is 4. The molecule has 4 nitrogen and oxygen atoms in total. The van der Waals surface area contributed by atoms with Gasteiger partial charge in [-0.2, -0.15) is 0 Å². The van der Waals surface area contributed by atoms with E-state index in [9.17, 15) is 9.90 Å². The van der Waals surface area contributed by atoms with Gasteiger partial charge in [0.05, 0.1) is 4.88 Å². The first-order valence-corrected chi connectivity index (χ1v) is 10.7. The summed E-state index contributed by atoms with van der Waals surface area (Å²) in [5.41, 5.74) is 3.09. The summed E-state index contributed by atoms with van der Waals surface area (Å²) in [4.78, 5) is 11.4. The van der Waals surface area contributed by atoms with Crippen LogP contribution < -0.4 is 26.6 Å². The van der Waals surface area contributed by atoms with Gasteiger partial charge in [0.15, 0.2) is 5.75 Å². The van der Waals surface area contributed by atoms with Gasteiger partial charge in [-0.05, 0) is 54.5 Å². The second kappa shape index (κ2) is 8.91. The van der Waals surface area contributed by atoms with Crippen LogP contribution in [0.5, 0.6) is 17.2 Å². The summed E-state index contributed by atoms with van der Waals surface area (Å²) in [6.07, 6.45) is 2.55. The van der Waals surface area contributed by atoms with Crippen molar-refractivity contribution in [3.05, 3.63) is 59.7 Å². The summed E-state index contributed by atoms with van der Waals surface area (Å²) in [6.45, 7) is 1.81. The number of aliphatic carboxylic acids is 1. The number of ether oxygens (including phenoxy) is 1. The van der Waals surface area contributed by atoms with Crippen molar-refractivity contribution in [2.75, 3.05) is 0 Å². The number of hydrogen-bond donors (Lipinski definition) is 2. The summed E-state index contributed by atoms with van der Waals surface area (Å²) in [5.74, 6) is 0.159. The highest BCUT2D eigenvalue weighted by atomic mass is 32.1. The fraction of sp³-hybridized carbons (Fsp3) is 0.0417. The SMILES string of the molecule is [B]c1c([B])c([B])c(-c2sc3cc(O)ccc3c2Oc2ccc(/C=C/C(=O)O)cc2)c(C)c1[B]. The highest BCUT2D eigenvalue weighted by Gasteiger charge is 2.21. The summed E-state index contributed by atoms with van der Waals surface area (Å²) >= 11 is 1.38. The minimum absolute atomic E-state index is 0.123. The first-order chi connectivity index (χ1) is 15.7. The Kier molecular flexibility index (Phi) is 6.17. The maximum Gasteiger partial charge on any atom is 0.328 e. The van der Waals surface area contributed by atoms with Crippen LogP contribution in [0.4, 0.5) is 0 Å². The van der Waals surface area contributed by atoms with Gasteiger partial charge in [0.1, 0.15) is 42.9 Å². The van der Waals surface area contributed by atoms with E-state index in [1.54, 1.807) is 42.5 Å². The van der Waals surface area contributed by atoms with Gasteiger partial charge in [0.2, 0.25) is 0 Å². The Labute approximate surface area is 200 Å². The maximum absolute atomic E-state index is 10.7. The first kappa shape index (κ1) is 22.9. The van der Waals surface area contributed by atoms with Crippen LogP contribution in [0, 0.1) is 6.92 Å². The predicted octanol–water partition coefficient (Wildman–Crippen LogP) is 1.65. The molecule has 0 saturated carbocycles. The Balaban J connectivity index is 1.88. The van der Waals surface area contributed by atoms with Crippen LogP contribution in [0.25, 0.3) is 26.6 Å². The Bertz CT molecular complexity index is 1400. The molecule has 0 amide bonds. The molecule has 0 aliphatic carbocycles. The van der Waals surface area contributed by atoms with Crippen molar-refractivity contribution < 1.29 is 19.7 Å². The zero-order chi connectivity index (χ0) is 23.9. The highest BCUT2D eigenvalue weighted by molar-refractivity contribution is 7.23. The number of phenols is 1. The largest absolute Gasteiger partial charge is 0.508 e. The average molecular weight is 442 g/mol. The zero-order valence-corrected chi connectivity index (χ0v) is 18.4. The van der Waals surface area contributed by atoms with Crippen molar-refractivity contribution in [2.24, 2.45) is 0 Å². The Morgan fingerprint density at radius 1 is 0.970 bits per heavy atom. The normalized spacial score (nSPS) is 11.3. The molecule has 4 rings (SSSR count). The van der Waals surface area contributed by atoms with Crippen molar-refractivity contribution in [3.8, 4) is 27.7 Å². The number of thiophene rings is 1. The van der Waals surface area contributed by atoms with Crippen LogP contribution in [0.15, 0.2) is 48.5 Å². The van der Waals surface area contributed by atoms with Crippen LogP contribution >= 0.6 is 11.3 Å². The van der Waals surface area contributed by atoms with Crippen LogP contribution in [-0.4, -0.2) is 47.6 Å². The highest BCUT2D eigenvalue weighted by Crippen LogP contribution is 2.47. The number of carboxylic acid groups (broad SMARTS) is 1. The molecule has 0 bridgehead atoms. The molecule has 0 spiro atoms. The van der Waals surface area contributed by atoms with Gasteiger partial charge >= 0.3 is 5.97 Å². The number of benzene rings is 3. The molecule has 1 heterocycles. The standard InChI is InChI=1S/C24H14B4O4S/c1-11-18(20(26)22(28)21(27)19(11)25)24-23(15-8-5-13(29)10-16(15)33-24)32-14-6-2-12(3-7-14)4-9-17(30)31/h2-10,29H,1H3,(H,30,31)/b9-4+. The minimum Gasteiger partial charge on any atom is -0.508 e. The molecule has 0 saturated heterocycles. The van der Waals surface area contributed by atoms with Gasteiger partial charge in [0.25, 0.3) is 0 Å². The van der Waals surface area contributed by atoms with E-state index in [-0.39, 0.29) is 16.7 Å². The molecule has 0 unspecified atom stereocenters. The summed E-state index contributed by atoms with van der Waals surface area (Å²) in [5, 5.41) is 19.6. The first-order valence-electron chi connectivity index (χ1n) is 9.84. The Hall–Kier alpha value is -3.31. The van der Waals surface area contributed by atoms with Gasteiger partial charge in [0, 0.05) is 16.2 Å². The van der Waals surface area contributed by atoms with E-state index in [0.29, 0.717) is 44.0 Å². The minimum atomic E-state index is -1.03. The molecule has 9 heteroatoms. The number of aromatic hydroxyl groups is 1. The molecule has 8 radical (unpaired) electrons.